The van der Waals surface area contributed by atoms with Gasteiger partial charge in [-0.3, -0.25) is 4.79 Å². The van der Waals surface area contributed by atoms with Gasteiger partial charge in [-0.15, -0.1) is 16.9 Å². The molecule has 2 heterocycles. The molecule has 1 atom stereocenters. The first kappa shape index (κ1) is 19.7. The second kappa shape index (κ2) is 9.22. The lowest BCUT2D eigenvalue weighted by atomic mass is 10.1. The van der Waals surface area contributed by atoms with Crippen molar-refractivity contribution in [3.63, 3.8) is 0 Å². The van der Waals surface area contributed by atoms with Crippen molar-refractivity contribution in [3.8, 4) is 5.88 Å². The smallest absolute Gasteiger partial charge is 0.233 e. The summed E-state index contributed by atoms with van der Waals surface area (Å²) in [6.07, 6.45) is 2.29. The predicted octanol–water partition coefficient (Wildman–Crippen LogP) is 3.90. The number of amides is 1. The van der Waals surface area contributed by atoms with Crippen molar-refractivity contribution in [2.45, 2.75) is 56.3 Å². The van der Waals surface area contributed by atoms with Crippen LogP contribution in [-0.2, 0) is 11.2 Å². The van der Waals surface area contributed by atoms with Crippen LogP contribution in [0.2, 0.25) is 0 Å². The van der Waals surface area contributed by atoms with E-state index in [1.165, 1.54) is 4.90 Å². The zero-order chi connectivity index (χ0) is 19.2. The summed E-state index contributed by atoms with van der Waals surface area (Å²) in [5.41, 5.74) is 1.92. The number of thioether (sulfide) groups is 1. The maximum absolute atomic E-state index is 12.7. The van der Waals surface area contributed by atoms with Crippen LogP contribution in [0.4, 0.5) is 0 Å². The quantitative estimate of drug-likeness (QED) is 0.706. The molecule has 0 bridgehead atoms. The minimum Gasteiger partial charge on any atom is -0.471 e. The molecule has 1 saturated heterocycles. The maximum atomic E-state index is 12.7. The van der Waals surface area contributed by atoms with Crippen LogP contribution in [0.15, 0.2) is 41.3 Å². The highest BCUT2D eigenvalue weighted by Gasteiger charge is 2.25. The van der Waals surface area contributed by atoms with E-state index >= 15 is 0 Å². The molecule has 5 nitrogen and oxygen atoms in total. The number of nitrogens with zero attached hydrogens (tertiary/aromatic N) is 3. The predicted molar refractivity (Wildman–Crippen MR) is 108 cm³/mol. The Morgan fingerprint density at radius 1 is 1.22 bits per heavy atom. The number of piperidine rings is 1. The third-order valence-corrected chi connectivity index (χ3v) is 5.46. The number of likely N-dealkylation sites (tertiary alicyclic amines) is 1. The molecule has 1 aliphatic rings. The van der Waals surface area contributed by atoms with Crippen molar-refractivity contribution in [2.75, 3.05) is 13.1 Å². The summed E-state index contributed by atoms with van der Waals surface area (Å²) in [7, 11) is 0. The van der Waals surface area contributed by atoms with E-state index < -0.39 is 0 Å². The Bertz CT molecular complexity index is 747. The molecule has 144 valence electrons. The van der Waals surface area contributed by atoms with Gasteiger partial charge in [0, 0.05) is 22.8 Å². The van der Waals surface area contributed by atoms with Crippen LogP contribution in [-0.4, -0.2) is 45.4 Å². The average Bonchev–Trinajstić information content (AvgIpc) is 2.65. The molecule has 1 fully saturated rings. The summed E-state index contributed by atoms with van der Waals surface area (Å²) >= 11 is 1.83. The highest BCUT2D eigenvalue weighted by molar-refractivity contribution is 7.99. The van der Waals surface area contributed by atoms with E-state index in [2.05, 4.69) is 48.3 Å². The van der Waals surface area contributed by atoms with E-state index in [4.69, 9.17) is 4.74 Å². The van der Waals surface area contributed by atoms with Gasteiger partial charge in [-0.05, 0) is 43.5 Å². The lowest BCUT2D eigenvalue weighted by Gasteiger charge is -2.32. The Hall–Kier alpha value is -2.08. The van der Waals surface area contributed by atoms with Crippen LogP contribution >= 0.6 is 11.8 Å². The van der Waals surface area contributed by atoms with Crippen molar-refractivity contribution >= 4 is 17.7 Å². The van der Waals surface area contributed by atoms with Gasteiger partial charge in [0.25, 0.3) is 0 Å². The molecule has 0 N–H and O–H groups in total. The molecule has 2 aromatic rings. The molecule has 0 saturated carbocycles. The van der Waals surface area contributed by atoms with Crippen molar-refractivity contribution in [2.24, 2.45) is 0 Å². The lowest BCUT2D eigenvalue weighted by Crippen LogP contribution is -2.45. The number of aryl methyl sites for hydroxylation is 1. The van der Waals surface area contributed by atoms with Crippen molar-refractivity contribution in [1.82, 2.24) is 15.1 Å². The number of carbonyl (C=O) groups is 1. The summed E-state index contributed by atoms with van der Waals surface area (Å²) < 4.78 is 5.92. The highest BCUT2D eigenvalue weighted by Crippen LogP contribution is 2.23. The lowest BCUT2D eigenvalue weighted by molar-refractivity contribution is -0.133. The van der Waals surface area contributed by atoms with Gasteiger partial charge in [-0.1, -0.05) is 26.0 Å². The molecule has 0 aliphatic carbocycles. The number of rotatable bonds is 6. The van der Waals surface area contributed by atoms with Crippen LogP contribution in [0.3, 0.4) is 0 Å². The summed E-state index contributed by atoms with van der Waals surface area (Å²) in [6, 6.07) is 12.0. The second-order valence-electron chi connectivity index (χ2n) is 7.22. The van der Waals surface area contributed by atoms with Gasteiger partial charge in [-0.25, -0.2) is 0 Å². The van der Waals surface area contributed by atoms with Crippen molar-refractivity contribution in [1.29, 1.82) is 0 Å². The van der Waals surface area contributed by atoms with E-state index in [0.29, 0.717) is 24.1 Å². The Kier molecular flexibility index (Phi) is 6.72. The number of hydrogen-bond donors (Lipinski definition) is 0. The van der Waals surface area contributed by atoms with E-state index in [1.54, 1.807) is 0 Å². The van der Waals surface area contributed by atoms with Crippen molar-refractivity contribution in [3.05, 3.63) is 47.7 Å². The molecular weight excluding hydrogens is 358 g/mol. The summed E-state index contributed by atoms with van der Waals surface area (Å²) in [5.74, 6) is 0.681. The van der Waals surface area contributed by atoms with Crippen LogP contribution in [0.1, 0.15) is 37.9 Å². The number of benzene rings is 1. The van der Waals surface area contributed by atoms with Crippen molar-refractivity contribution < 1.29 is 9.53 Å². The molecule has 1 aromatic heterocycles. The fourth-order valence-corrected chi connectivity index (χ4v) is 3.96. The molecule has 3 rings (SSSR count). The number of ether oxygens (including phenoxy) is 1. The zero-order valence-electron chi connectivity index (χ0n) is 16.2. The van der Waals surface area contributed by atoms with Gasteiger partial charge in [-0.2, -0.15) is 5.10 Å². The Balaban J connectivity index is 1.54. The van der Waals surface area contributed by atoms with Crippen LogP contribution in [0.25, 0.3) is 0 Å². The molecule has 27 heavy (non-hydrogen) atoms. The maximum Gasteiger partial charge on any atom is 0.233 e. The Morgan fingerprint density at radius 2 is 2.00 bits per heavy atom. The van der Waals surface area contributed by atoms with Gasteiger partial charge in [0.05, 0.1) is 18.7 Å². The first-order valence-electron chi connectivity index (χ1n) is 9.50. The van der Waals surface area contributed by atoms with E-state index in [-0.39, 0.29) is 12.0 Å². The molecule has 1 unspecified atom stereocenters. The Morgan fingerprint density at radius 3 is 2.67 bits per heavy atom. The number of carbonyl (C=O) groups excluding carboxylic acids is 1. The normalized spacial score (nSPS) is 17.2. The standard InChI is InChI=1S/C21H27N3O2S/c1-15(2)27-19-9-7-17(8-10-19)13-21(25)24-12-4-5-18(14-24)26-20-11-6-16(3)22-23-20/h6-11,15,18H,4-5,12-14H2,1-3H3. The minimum atomic E-state index is -0.0236. The molecular formula is C21H27N3O2S. The fraction of sp³-hybridized carbons (Fsp3) is 0.476. The minimum absolute atomic E-state index is 0.0236. The largest absolute Gasteiger partial charge is 0.471 e. The zero-order valence-corrected chi connectivity index (χ0v) is 17.0. The molecule has 1 aromatic carbocycles. The van der Waals surface area contributed by atoms with E-state index in [9.17, 15) is 4.79 Å². The molecule has 1 amide bonds. The van der Waals surface area contributed by atoms with Gasteiger partial charge in [0.2, 0.25) is 11.8 Å². The van der Waals surface area contributed by atoms with Gasteiger partial charge in [0.15, 0.2) is 0 Å². The first-order valence-corrected chi connectivity index (χ1v) is 10.4. The first-order chi connectivity index (χ1) is 13.0. The van der Waals surface area contributed by atoms with Crippen LogP contribution in [0.5, 0.6) is 5.88 Å². The SMILES string of the molecule is Cc1ccc(OC2CCCN(C(=O)Cc3ccc(SC(C)C)cc3)C2)nn1. The third-order valence-electron chi connectivity index (χ3n) is 4.44. The molecule has 0 radical (unpaired) electrons. The highest BCUT2D eigenvalue weighted by atomic mass is 32.2. The topological polar surface area (TPSA) is 55.3 Å². The number of hydrogen-bond acceptors (Lipinski definition) is 5. The fourth-order valence-electron chi connectivity index (χ4n) is 3.13. The van der Waals surface area contributed by atoms with E-state index in [1.807, 2.05) is 35.7 Å². The van der Waals surface area contributed by atoms with Gasteiger partial charge < -0.3 is 9.64 Å². The van der Waals surface area contributed by atoms with Crippen LogP contribution in [0, 0.1) is 6.92 Å². The van der Waals surface area contributed by atoms with Crippen LogP contribution < -0.4 is 4.74 Å². The molecule has 6 heteroatoms. The average molecular weight is 386 g/mol. The van der Waals surface area contributed by atoms with Gasteiger partial charge in [0.1, 0.15) is 6.10 Å². The second-order valence-corrected chi connectivity index (χ2v) is 8.87. The van der Waals surface area contributed by atoms with E-state index in [0.717, 1.165) is 30.6 Å². The monoisotopic (exact) mass is 385 g/mol. The Labute approximate surface area is 165 Å². The summed E-state index contributed by atoms with van der Waals surface area (Å²) in [6.45, 7) is 7.65. The molecule has 0 spiro atoms. The summed E-state index contributed by atoms with van der Waals surface area (Å²) in [5, 5.41) is 8.64. The molecule has 1 aliphatic heterocycles. The van der Waals surface area contributed by atoms with Gasteiger partial charge >= 0.3 is 0 Å². The third kappa shape index (κ3) is 5.96. The summed E-state index contributed by atoms with van der Waals surface area (Å²) in [4.78, 5) is 15.9. The number of aromatic nitrogens is 2.